The van der Waals surface area contributed by atoms with E-state index in [9.17, 15) is 0 Å². The molecule has 4 heteroatoms. The van der Waals surface area contributed by atoms with Crippen LogP contribution >= 0.6 is 23.2 Å². The molecule has 2 aliphatic rings. The lowest BCUT2D eigenvalue weighted by atomic mass is 9.99. The number of pyridine rings is 1. The Hall–Kier alpha value is -1.35. The van der Waals surface area contributed by atoms with Gasteiger partial charge in [-0.25, -0.2) is 0 Å². The Morgan fingerprint density at radius 1 is 1.20 bits per heavy atom. The van der Waals surface area contributed by atoms with Crippen LogP contribution in [0.2, 0.25) is 10.0 Å². The summed E-state index contributed by atoms with van der Waals surface area (Å²) < 4.78 is 0. The highest BCUT2D eigenvalue weighted by molar-refractivity contribution is 6.31. The van der Waals surface area contributed by atoms with E-state index >= 15 is 0 Å². The summed E-state index contributed by atoms with van der Waals surface area (Å²) in [5, 5.41) is 1.60. The average Bonchev–Trinajstić information content (AvgIpc) is 2.95. The Labute approximate surface area is 159 Å². The summed E-state index contributed by atoms with van der Waals surface area (Å²) in [5.74, 6) is 0. The number of nitrogens with zero attached hydrogens (tertiary/aromatic N) is 2. The first-order chi connectivity index (χ1) is 12.1. The van der Waals surface area contributed by atoms with Crippen LogP contribution in [0.3, 0.4) is 0 Å². The molecule has 0 saturated heterocycles. The van der Waals surface area contributed by atoms with Gasteiger partial charge in [-0.2, -0.15) is 0 Å². The quantitative estimate of drug-likeness (QED) is 0.719. The van der Waals surface area contributed by atoms with Gasteiger partial charge in [-0.15, -0.1) is 0 Å². The number of fused-ring (bicyclic) bond motifs is 2. The zero-order chi connectivity index (χ0) is 17.4. The molecule has 0 amide bonds. The Kier molecular flexibility index (Phi) is 4.86. The second kappa shape index (κ2) is 7.11. The number of benzene rings is 1. The summed E-state index contributed by atoms with van der Waals surface area (Å²) >= 11 is 12.2. The summed E-state index contributed by atoms with van der Waals surface area (Å²) in [6, 6.07) is 8.45. The van der Waals surface area contributed by atoms with Crippen molar-refractivity contribution in [2.75, 3.05) is 19.6 Å². The van der Waals surface area contributed by atoms with Gasteiger partial charge in [-0.3, -0.25) is 9.88 Å². The number of aromatic nitrogens is 1. The molecule has 0 saturated carbocycles. The van der Waals surface area contributed by atoms with Gasteiger partial charge in [0.1, 0.15) is 0 Å². The molecule has 0 unspecified atom stereocenters. The van der Waals surface area contributed by atoms with Gasteiger partial charge in [-0.05, 0) is 85.2 Å². The molecule has 2 nitrogen and oxygen atoms in total. The van der Waals surface area contributed by atoms with E-state index in [0.717, 1.165) is 66.6 Å². The Balaban J connectivity index is 1.34. The maximum atomic E-state index is 6.18. The minimum atomic E-state index is 0.750. The van der Waals surface area contributed by atoms with Crippen molar-refractivity contribution in [2.24, 2.45) is 0 Å². The third kappa shape index (κ3) is 3.62. The maximum Gasteiger partial charge on any atom is 0.0618 e. The Bertz CT molecular complexity index is 842. The first-order valence-corrected chi connectivity index (χ1v) is 9.69. The number of aryl methyl sites for hydroxylation is 2. The van der Waals surface area contributed by atoms with Gasteiger partial charge >= 0.3 is 0 Å². The summed E-state index contributed by atoms with van der Waals surface area (Å²) in [7, 11) is 0. The van der Waals surface area contributed by atoms with Crippen LogP contribution < -0.4 is 0 Å². The summed E-state index contributed by atoms with van der Waals surface area (Å²) in [6.07, 6.45) is 6.15. The van der Waals surface area contributed by atoms with E-state index in [0.29, 0.717) is 0 Å². The molecule has 0 bridgehead atoms. The summed E-state index contributed by atoms with van der Waals surface area (Å²) in [4.78, 5) is 7.02. The molecule has 2 heterocycles. The lowest BCUT2D eigenvalue weighted by Crippen LogP contribution is -2.32. The molecule has 2 aromatic rings. The second-order valence-electron chi connectivity index (χ2n) is 7.11. The Morgan fingerprint density at radius 3 is 2.92 bits per heavy atom. The van der Waals surface area contributed by atoms with Gasteiger partial charge in [-0.1, -0.05) is 29.3 Å². The van der Waals surface area contributed by atoms with Crippen molar-refractivity contribution in [2.45, 2.75) is 32.6 Å². The van der Waals surface area contributed by atoms with Crippen molar-refractivity contribution in [1.29, 1.82) is 0 Å². The van der Waals surface area contributed by atoms with Crippen LogP contribution in [0.1, 0.15) is 35.2 Å². The average molecular weight is 373 g/mol. The van der Waals surface area contributed by atoms with Crippen LogP contribution in [0.4, 0.5) is 0 Å². The van der Waals surface area contributed by atoms with Crippen molar-refractivity contribution >= 4 is 28.8 Å². The predicted octanol–water partition coefficient (Wildman–Crippen LogP) is 5.35. The number of hydrogen-bond donors (Lipinski definition) is 0. The van der Waals surface area contributed by atoms with Crippen LogP contribution in [0.25, 0.3) is 5.57 Å². The fraction of sp³-hybridized carbons (Fsp3) is 0.381. The van der Waals surface area contributed by atoms with E-state index in [4.69, 9.17) is 23.2 Å². The zero-order valence-corrected chi connectivity index (χ0v) is 16.0. The summed E-state index contributed by atoms with van der Waals surface area (Å²) in [5.41, 5.74) is 8.22. The van der Waals surface area contributed by atoms with E-state index in [1.54, 1.807) is 17.3 Å². The highest BCUT2D eigenvalue weighted by atomic mass is 35.5. The van der Waals surface area contributed by atoms with Gasteiger partial charge in [0, 0.05) is 30.0 Å². The van der Waals surface area contributed by atoms with Crippen molar-refractivity contribution in [3.8, 4) is 0 Å². The fourth-order valence-electron chi connectivity index (χ4n) is 4.00. The second-order valence-corrected chi connectivity index (χ2v) is 7.96. The lowest BCUT2D eigenvalue weighted by Gasteiger charge is -2.28. The lowest BCUT2D eigenvalue weighted by molar-refractivity contribution is 0.289. The van der Waals surface area contributed by atoms with Crippen LogP contribution in [0.15, 0.2) is 36.0 Å². The number of halogens is 2. The molecule has 1 aromatic heterocycles. The SMILES string of the molecule is Cc1cc(CCCN2CCC3=C(Cc4ccc(Cl)cc43)C2)ncc1Cl. The van der Waals surface area contributed by atoms with Gasteiger partial charge in [0.05, 0.1) is 5.02 Å². The molecule has 1 aliphatic carbocycles. The van der Waals surface area contributed by atoms with Gasteiger partial charge in [0.15, 0.2) is 0 Å². The van der Waals surface area contributed by atoms with Gasteiger partial charge in [0.2, 0.25) is 0 Å². The molecule has 1 aliphatic heterocycles. The molecule has 0 fully saturated rings. The zero-order valence-electron chi connectivity index (χ0n) is 14.5. The molecule has 0 radical (unpaired) electrons. The smallest absolute Gasteiger partial charge is 0.0618 e. The van der Waals surface area contributed by atoms with E-state index in [2.05, 4.69) is 28.1 Å². The van der Waals surface area contributed by atoms with Crippen molar-refractivity contribution in [3.05, 3.63) is 68.5 Å². The molecular weight excluding hydrogens is 351 g/mol. The predicted molar refractivity (Wildman–Crippen MR) is 105 cm³/mol. The summed E-state index contributed by atoms with van der Waals surface area (Å²) in [6.45, 7) is 5.39. The van der Waals surface area contributed by atoms with E-state index in [1.165, 1.54) is 11.1 Å². The normalized spacial score (nSPS) is 16.9. The van der Waals surface area contributed by atoms with E-state index < -0.39 is 0 Å². The molecule has 0 spiro atoms. The number of hydrogen-bond acceptors (Lipinski definition) is 2. The number of rotatable bonds is 4. The van der Waals surface area contributed by atoms with Crippen LogP contribution in [0.5, 0.6) is 0 Å². The standard InChI is InChI=1S/C21H22Cl2N2/c1-14-9-18(24-12-21(14)23)3-2-7-25-8-6-19-16(13-25)10-15-4-5-17(22)11-20(15)19/h4-5,9,11-12H,2-3,6-8,10,13H2,1H3. The fourth-order valence-corrected chi connectivity index (χ4v) is 4.28. The van der Waals surface area contributed by atoms with Gasteiger partial charge in [0.25, 0.3) is 0 Å². The monoisotopic (exact) mass is 372 g/mol. The minimum Gasteiger partial charge on any atom is -0.299 e. The largest absolute Gasteiger partial charge is 0.299 e. The Morgan fingerprint density at radius 2 is 2.08 bits per heavy atom. The topological polar surface area (TPSA) is 16.1 Å². The van der Waals surface area contributed by atoms with E-state index in [1.807, 2.05) is 13.0 Å². The van der Waals surface area contributed by atoms with Crippen molar-refractivity contribution < 1.29 is 0 Å². The first-order valence-electron chi connectivity index (χ1n) is 8.93. The molecular formula is C21H22Cl2N2. The highest BCUT2D eigenvalue weighted by Gasteiger charge is 2.26. The first kappa shape index (κ1) is 17.1. The van der Waals surface area contributed by atoms with Crippen LogP contribution in [-0.2, 0) is 12.8 Å². The maximum absolute atomic E-state index is 6.18. The molecule has 0 atom stereocenters. The molecule has 1 aromatic carbocycles. The molecule has 130 valence electrons. The minimum absolute atomic E-state index is 0.750. The van der Waals surface area contributed by atoms with Crippen LogP contribution in [0, 0.1) is 6.92 Å². The third-order valence-electron chi connectivity index (χ3n) is 5.33. The molecule has 0 N–H and O–H groups in total. The van der Waals surface area contributed by atoms with Gasteiger partial charge < -0.3 is 0 Å². The van der Waals surface area contributed by atoms with E-state index in [-0.39, 0.29) is 0 Å². The van der Waals surface area contributed by atoms with Crippen LogP contribution in [-0.4, -0.2) is 29.5 Å². The molecule has 25 heavy (non-hydrogen) atoms. The highest BCUT2D eigenvalue weighted by Crippen LogP contribution is 2.39. The molecule has 4 rings (SSSR count). The van der Waals surface area contributed by atoms with Crippen molar-refractivity contribution in [1.82, 2.24) is 9.88 Å². The third-order valence-corrected chi connectivity index (χ3v) is 5.96. The van der Waals surface area contributed by atoms with Crippen molar-refractivity contribution in [3.63, 3.8) is 0 Å².